The van der Waals surface area contributed by atoms with Gasteiger partial charge in [0.15, 0.2) is 0 Å². The van der Waals surface area contributed by atoms with Crippen LogP contribution in [-0.4, -0.2) is 17.9 Å². The van der Waals surface area contributed by atoms with Crippen LogP contribution in [0.1, 0.15) is 31.4 Å². The predicted molar refractivity (Wildman–Crippen MR) is 69.2 cm³/mol. The van der Waals surface area contributed by atoms with Crippen LogP contribution in [0.2, 0.25) is 0 Å². The van der Waals surface area contributed by atoms with Crippen LogP contribution < -0.4 is 4.74 Å². The van der Waals surface area contributed by atoms with Gasteiger partial charge in [-0.05, 0) is 47.2 Å². The Kier molecular flexibility index (Phi) is 4.15. The van der Waals surface area contributed by atoms with Crippen molar-refractivity contribution in [1.29, 1.82) is 0 Å². The molecule has 2 rings (SSSR count). The fourth-order valence-corrected chi connectivity index (χ4v) is 2.67. The quantitative estimate of drug-likeness (QED) is 0.860. The molecule has 0 amide bonds. The number of nitrogens with zero attached hydrogens (tertiary/aromatic N) is 1. The van der Waals surface area contributed by atoms with E-state index in [9.17, 15) is 4.79 Å². The second-order valence-corrected chi connectivity index (χ2v) is 5.34. The zero-order valence-corrected chi connectivity index (χ0v) is 11.5. The Hall–Kier alpha value is -0.900. The van der Waals surface area contributed by atoms with Gasteiger partial charge in [-0.3, -0.25) is 4.79 Å². The van der Waals surface area contributed by atoms with E-state index >= 15 is 0 Å². The number of carbonyl (C=O) groups excluding carboxylic acids is 1. The minimum absolute atomic E-state index is 0.389. The summed E-state index contributed by atoms with van der Waals surface area (Å²) in [6, 6.07) is 3.78. The van der Waals surface area contributed by atoms with E-state index in [-0.39, 0.29) is 0 Å². The highest BCUT2D eigenvalue weighted by molar-refractivity contribution is 9.10. The van der Waals surface area contributed by atoms with Crippen LogP contribution in [-0.2, 0) is 11.2 Å². The lowest BCUT2D eigenvalue weighted by molar-refractivity contribution is -0.121. The monoisotopic (exact) mass is 297 g/mol. The smallest absolute Gasteiger partial charge is 0.213 e. The van der Waals surface area contributed by atoms with Crippen LogP contribution in [0, 0.1) is 5.92 Å². The van der Waals surface area contributed by atoms with Crippen molar-refractivity contribution in [3.05, 3.63) is 22.3 Å². The molecule has 0 aromatic carbocycles. The van der Waals surface area contributed by atoms with Crippen LogP contribution in [0.15, 0.2) is 16.6 Å². The second kappa shape index (κ2) is 5.63. The maximum Gasteiger partial charge on any atom is 0.213 e. The lowest BCUT2D eigenvalue weighted by Crippen LogP contribution is -2.17. The van der Waals surface area contributed by atoms with E-state index in [2.05, 4.69) is 20.9 Å². The van der Waals surface area contributed by atoms with Gasteiger partial charge >= 0.3 is 0 Å². The number of rotatable bonds is 3. The molecule has 0 N–H and O–H groups in total. The minimum atomic E-state index is 0.389. The average Bonchev–Trinajstić information content (AvgIpc) is 2.32. The van der Waals surface area contributed by atoms with E-state index < -0.39 is 0 Å². The van der Waals surface area contributed by atoms with Crippen molar-refractivity contribution in [1.82, 2.24) is 4.98 Å². The van der Waals surface area contributed by atoms with Crippen molar-refractivity contribution in [2.24, 2.45) is 5.92 Å². The molecule has 4 heteroatoms. The Balaban J connectivity index is 2.09. The number of pyridine rings is 1. The highest BCUT2D eigenvalue weighted by Gasteiger charge is 2.21. The van der Waals surface area contributed by atoms with Crippen LogP contribution in [0.5, 0.6) is 5.88 Å². The summed E-state index contributed by atoms with van der Waals surface area (Å²) >= 11 is 3.50. The molecule has 0 spiro atoms. The van der Waals surface area contributed by atoms with Gasteiger partial charge in [0.05, 0.1) is 12.8 Å². The molecule has 1 saturated carbocycles. The molecule has 3 nitrogen and oxygen atoms in total. The number of hydrogen-bond acceptors (Lipinski definition) is 3. The molecule has 1 unspecified atom stereocenters. The Bertz CT molecular complexity index is 420. The summed E-state index contributed by atoms with van der Waals surface area (Å²) in [5.41, 5.74) is 0.990. The van der Waals surface area contributed by atoms with Gasteiger partial charge < -0.3 is 4.74 Å². The van der Waals surface area contributed by atoms with Crippen LogP contribution >= 0.6 is 15.9 Å². The van der Waals surface area contributed by atoms with Crippen molar-refractivity contribution < 1.29 is 9.53 Å². The lowest BCUT2D eigenvalue weighted by atomic mass is 9.85. The first-order valence-electron chi connectivity index (χ1n) is 5.90. The Labute approximate surface area is 110 Å². The van der Waals surface area contributed by atoms with E-state index in [4.69, 9.17) is 4.74 Å². The maximum absolute atomic E-state index is 11.4. The second-order valence-electron chi connectivity index (χ2n) is 4.49. The van der Waals surface area contributed by atoms with Gasteiger partial charge in [-0.25, -0.2) is 4.98 Å². The molecule has 0 aliphatic heterocycles. The zero-order chi connectivity index (χ0) is 12.3. The van der Waals surface area contributed by atoms with Crippen molar-refractivity contribution in [3.63, 3.8) is 0 Å². The van der Waals surface area contributed by atoms with Crippen LogP contribution in [0.3, 0.4) is 0 Å². The predicted octanol–water partition coefficient (Wildman–Crippen LogP) is 3.15. The molecule has 1 aromatic heterocycles. The summed E-state index contributed by atoms with van der Waals surface area (Å²) in [7, 11) is 1.62. The molecule has 0 bridgehead atoms. The normalized spacial score (nSPS) is 20.4. The first-order chi connectivity index (χ1) is 8.19. The average molecular weight is 298 g/mol. The van der Waals surface area contributed by atoms with Gasteiger partial charge in [-0.1, -0.05) is 0 Å². The molecule has 1 heterocycles. The Morgan fingerprint density at radius 1 is 1.53 bits per heavy atom. The third-order valence-electron chi connectivity index (χ3n) is 3.17. The number of halogens is 1. The summed E-state index contributed by atoms with van der Waals surface area (Å²) < 4.78 is 6.12. The van der Waals surface area contributed by atoms with Gasteiger partial charge in [0.1, 0.15) is 5.78 Å². The van der Waals surface area contributed by atoms with Crippen LogP contribution in [0.4, 0.5) is 0 Å². The number of ketones is 1. The molecule has 17 heavy (non-hydrogen) atoms. The SMILES string of the molecule is COc1ccc(Br)c(CC2CCCC(=O)C2)n1. The molecular formula is C13H16BrNO2. The van der Waals surface area contributed by atoms with Crippen molar-refractivity contribution in [3.8, 4) is 5.88 Å². The van der Waals surface area contributed by atoms with Gasteiger partial charge in [0.25, 0.3) is 0 Å². The number of hydrogen-bond donors (Lipinski definition) is 0. The first kappa shape index (κ1) is 12.6. The van der Waals surface area contributed by atoms with Gasteiger partial charge in [-0.2, -0.15) is 0 Å². The van der Waals surface area contributed by atoms with E-state index in [1.165, 1.54) is 0 Å². The molecule has 92 valence electrons. The van der Waals surface area contributed by atoms with Gasteiger partial charge in [0.2, 0.25) is 5.88 Å². The third-order valence-corrected chi connectivity index (χ3v) is 3.89. The fourth-order valence-electron chi connectivity index (χ4n) is 2.28. The molecule has 1 aliphatic rings. The Morgan fingerprint density at radius 3 is 3.06 bits per heavy atom. The molecule has 1 atom stereocenters. The largest absolute Gasteiger partial charge is 0.481 e. The fraction of sp³-hybridized carbons (Fsp3) is 0.538. The van der Waals surface area contributed by atoms with Crippen molar-refractivity contribution >= 4 is 21.7 Å². The Morgan fingerprint density at radius 2 is 2.35 bits per heavy atom. The summed E-state index contributed by atoms with van der Waals surface area (Å²) in [5, 5.41) is 0. The van der Waals surface area contributed by atoms with E-state index in [0.717, 1.165) is 35.8 Å². The molecule has 0 saturated heterocycles. The molecular weight excluding hydrogens is 282 g/mol. The summed E-state index contributed by atoms with van der Waals surface area (Å²) in [6.45, 7) is 0. The van der Waals surface area contributed by atoms with Crippen molar-refractivity contribution in [2.75, 3.05) is 7.11 Å². The highest BCUT2D eigenvalue weighted by Crippen LogP contribution is 2.28. The summed E-state index contributed by atoms with van der Waals surface area (Å²) in [5.74, 6) is 1.46. The number of carbonyl (C=O) groups is 1. The number of Topliss-reactive ketones (excluding diaryl/α,β-unsaturated/α-hetero) is 1. The lowest BCUT2D eigenvalue weighted by Gasteiger charge is -2.20. The number of ether oxygens (including phenoxy) is 1. The van der Waals surface area contributed by atoms with Gasteiger partial charge in [0, 0.05) is 23.4 Å². The van der Waals surface area contributed by atoms with Crippen LogP contribution in [0.25, 0.3) is 0 Å². The number of aromatic nitrogens is 1. The zero-order valence-electron chi connectivity index (χ0n) is 9.91. The minimum Gasteiger partial charge on any atom is -0.481 e. The topological polar surface area (TPSA) is 39.2 Å². The third kappa shape index (κ3) is 3.28. The molecule has 1 aromatic rings. The van der Waals surface area contributed by atoms with Crippen molar-refractivity contribution in [2.45, 2.75) is 32.1 Å². The van der Waals surface area contributed by atoms with Gasteiger partial charge in [-0.15, -0.1) is 0 Å². The standard InChI is InChI=1S/C13H16BrNO2/c1-17-13-6-5-11(14)12(15-13)8-9-3-2-4-10(16)7-9/h5-6,9H,2-4,7-8H2,1H3. The molecule has 1 fully saturated rings. The summed E-state index contributed by atoms with van der Waals surface area (Å²) in [6.07, 6.45) is 4.44. The molecule has 0 radical (unpaired) electrons. The molecule has 1 aliphatic carbocycles. The van der Waals surface area contributed by atoms with E-state index in [1.807, 2.05) is 12.1 Å². The first-order valence-corrected chi connectivity index (χ1v) is 6.69. The maximum atomic E-state index is 11.4. The number of methoxy groups -OCH3 is 1. The van der Waals surface area contributed by atoms with E-state index in [0.29, 0.717) is 24.0 Å². The highest BCUT2D eigenvalue weighted by atomic mass is 79.9. The summed E-state index contributed by atoms with van der Waals surface area (Å²) in [4.78, 5) is 15.8. The van der Waals surface area contributed by atoms with E-state index in [1.54, 1.807) is 7.11 Å².